The Labute approximate surface area is 193 Å². The number of allylic oxidation sites excluding steroid dienone is 3. The first kappa shape index (κ1) is 23.2. The normalized spacial score (nSPS) is 34.7. The van der Waals surface area contributed by atoms with Gasteiger partial charge in [0.2, 0.25) is 17.3 Å². The van der Waals surface area contributed by atoms with Gasteiger partial charge in [0, 0.05) is 7.05 Å². The van der Waals surface area contributed by atoms with Crippen LogP contribution in [0.2, 0.25) is 0 Å². The number of quaternary nitrogens is 1. The Kier molecular flexibility index (Phi) is 6.38. The van der Waals surface area contributed by atoms with Gasteiger partial charge >= 0.3 is 0 Å². The van der Waals surface area contributed by atoms with Crippen LogP contribution in [0.4, 0.5) is 17.3 Å². The summed E-state index contributed by atoms with van der Waals surface area (Å²) in [5.74, 6) is 2.96. The summed E-state index contributed by atoms with van der Waals surface area (Å²) >= 11 is 0. The molecule has 1 aromatic rings. The molecule has 6 heteroatoms. The molecule has 1 saturated carbocycles. The molecular formula is C26H42N5O+. The van der Waals surface area contributed by atoms with Crippen molar-refractivity contribution in [2.45, 2.75) is 73.1 Å². The predicted octanol–water partition coefficient (Wildman–Crippen LogP) is 4.73. The number of hydrogen-bond donors (Lipinski definition) is 3. The minimum Gasteiger partial charge on any atom is -0.307 e. The van der Waals surface area contributed by atoms with Crippen molar-refractivity contribution < 1.29 is 10.1 Å². The summed E-state index contributed by atoms with van der Waals surface area (Å²) in [5.41, 5.74) is 7.09. The highest BCUT2D eigenvalue weighted by Crippen LogP contribution is 2.61. The van der Waals surface area contributed by atoms with Gasteiger partial charge in [-0.3, -0.25) is 10.1 Å². The molecule has 1 unspecified atom stereocenters. The highest BCUT2D eigenvalue weighted by atomic mass is 16.5. The Morgan fingerprint density at radius 3 is 2.88 bits per heavy atom. The highest BCUT2D eigenvalue weighted by molar-refractivity contribution is 5.70. The van der Waals surface area contributed by atoms with E-state index >= 15 is 0 Å². The maximum atomic E-state index is 9.51. The van der Waals surface area contributed by atoms with Gasteiger partial charge in [-0.15, -0.1) is 0 Å². The topological polar surface area (TPSA) is 65.7 Å². The number of aromatic nitrogens is 2. The van der Waals surface area contributed by atoms with Crippen LogP contribution in [0.5, 0.6) is 0 Å². The Bertz CT molecular complexity index is 911. The molecule has 0 spiro atoms. The van der Waals surface area contributed by atoms with Crippen molar-refractivity contribution in [2.75, 3.05) is 30.6 Å². The van der Waals surface area contributed by atoms with Crippen molar-refractivity contribution in [1.82, 2.24) is 9.97 Å². The lowest BCUT2D eigenvalue weighted by Gasteiger charge is -2.58. The SMILES string of the molecule is CC1=CCC[C@@H]2[C@@](C)(CC/C(C)=C/C[NH+]3CN(C)c4ncnc(NO)c43)[C@H](C)CC[C@@]12C. The van der Waals surface area contributed by atoms with Crippen molar-refractivity contribution >= 4 is 17.3 Å². The van der Waals surface area contributed by atoms with Crippen LogP contribution in [0.1, 0.15) is 73.1 Å². The molecule has 3 N–H and O–H groups in total. The second-order valence-corrected chi connectivity index (χ2v) is 11.1. The summed E-state index contributed by atoms with van der Waals surface area (Å²) in [5, 5.41) is 9.51. The molecule has 2 heterocycles. The number of anilines is 2. The average Bonchev–Trinajstić information content (AvgIpc) is 3.11. The third-order valence-electron chi connectivity index (χ3n) is 9.43. The van der Waals surface area contributed by atoms with Crippen LogP contribution in [0.3, 0.4) is 0 Å². The van der Waals surface area contributed by atoms with Crippen LogP contribution < -0.4 is 15.3 Å². The Morgan fingerprint density at radius 2 is 2.12 bits per heavy atom. The number of nitrogens with one attached hydrogen (secondary N) is 2. The van der Waals surface area contributed by atoms with E-state index in [1.807, 2.05) is 7.05 Å². The van der Waals surface area contributed by atoms with E-state index in [-0.39, 0.29) is 0 Å². The smallest absolute Gasteiger partial charge is 0.221 e. The van der Waals surface area contributed by atoms with Crippen LogP contribution >= 0.6 is 0 Å². The van der Waals surface area contributed by atoms with Gasteiger partial charge in [-0.05, 0) is 81.1 Å². The summed E-state index contributed by atoms with van der Waals surface area (Å²) in [7, 11) is 2.04. The number of hydrogen-bond acceptors (Lipinski definition) is 5. The quantitative estimate of drug-likeness (QED) is 0.441. The molecule has 0 bridgehead atoms. The Balaban J connectivity index is 1.45. The molecule has 3 aliphatic rings. The van der Waals surface area contributed by atoms with Gasteiger partial charge in [0.1, 0.15) is 12.9 Å². The first-order chi connectivity index (χ1) is 15.2. The third kappa shape index (κ3) is 3.86. The van der Waals surface area contributed by atoms with Gasteiger partial charge in [0.25, 0.3) is 0 Å². The second kappa shape index (κ2) is 8.79. The molecule has 32 heavy (non-hydrogen) atoms. The molecule has 1 aliphatic heterocycles. The van der Waals surface area contributed by atoms with E-state index in [1.165, 1.54) is 48.9 Å². The van der Waals surface area contributed by atoms with Crippen LogP contribution in [0.25, 0.3) is 0 Å². The van der Waals surface area contributed by atoms with E-state index in [1.54, 1.807) is 5.57 Å². The lowest BCUT2D eigenvalue weighted by Crippen LogP contribution is -3.06. The van der Waals surface area contributed by atoms with Crippen LogP contribution in [0.15, 0.2) is 29.6 Å². The van der Waals surface area contributed by atoms with Crippen molar-refractivity contribution in [1.29, 1.82) is 0 Å². The van der Waals surface area contributed by atoms with Crippen molar-refractivity contribution in [3.8, 4) is 0 Å². The van der Waals surface area contributed by atoms with Gasteiger partial charge in [0.15, 0.2) is 6.67 Å². The molecule has 1 aromatic heterocycles. The van der Waals surface area contributed by atoms with Gasteiger partial charge < -0.3 is 4.90 Å². The number of rotatable bonds is 6. The molecule has 2 aliphatic carbocycles. The molecule has 0 radical (unpaired) electrons. The predicted molar refractivity (Wildman–Crippen MR) is 130 cm³/mol. The van der Waals surface area contributed by atoms with E-state index in [9.17, 15) is 5.21 Å². The van der Waals surface area contributed by atoms with Crippen LogP contribution in [-0.4, -0.2) is 35.4 Å². The number of fused-ring (bicyclic) bond motifs is 2. The maximum absolute atomic E-state index is 9.51. The monoisotopic (exact) mass is 440 g/mol. The van der Waals surface area contributed by atoms with E-state index < -0.39 is 0 Å². The van der Waals surface area contributed by atoms with E-state index in [0.717, 1.165) is 43.0 Å². The Morgan fingerprint density at radius 1 is 1.34 bits per heavy atom. The highest BCUT2D eigenvalue weighted by Gasteiger charge is 2.52. The lowest BCUT2D eigenvalue weighted by molar-refractivity contribution is -0.818. The van der Waals surface area contributed by atoms with E-state index in [4.69, 9.17) is 0 Å². The van der Waals surface area contributed by atoms with Crippen molar-refractivity contribution in [3.63, 3.8) is 0 Å². The zero-order chi connectivity index (χ0) is 23.1. The standard InChI is InChI=1S/C26H41N5O/c1-18(12-15-31-17-30(6)24-22(31)23(29-32)27-16-28-24)10-13-25(4)20(3)11-14-26(5)19(2)8-7-9-21(25)26/h8,12,16,20-21,32H,7,9-11,13-15,17H2,1-6H3,(H,27,28,29)/p+1/b18-12+/t20-,21-,25+,26+/m1/s1. The van der Waals surface area contributed by atoms with Crippen molar-refractivity contribution in [2.24, 2.45) is 22.7 Å². The molecule has 176 valence electrons. The van der Waals surface area contributed by atoms with Gasteiger partial charge in [0.05, 0.1) is 0 Å². The van der Waals surface area contributed by atoms with Crippen LogP contribution in [-0.2, 0) is 0 Å². The molecular weight excluding hydrogens is 398 g/mol. The molecule has 6 nitrogen and oxygen atoms in total. The average molecular weight is 441 g/mol. The summed E-state index contributed by atoms with van der Waals surface area (Å²) in [4.78, 5) is 12.0. The maximum Gasteiger partial charge on any atom is 0.221 e. The van der Waals surface area contributed by atoms with Gasteiger partial charge in [-0.25, -0.2) is 15.4 Å². The molecule has 5 atom stereocenters. The Hall–Kier alpha value is -1.92. The number of nitrogens with zero attached hydrogens (tertiary/aromatic N) is 3. The fourth-order valence-corrected chi connectivity index (χ4v) is 6.88. The van der Waals surface area contributed by atoms with E-state index in [0.29, 0.717) is 16.6 Å². The summed E-state index contributed by atoms with van der Waals surface area (Å²) < 4.78 is 0. The van der Waals surface area contributed by atoms with Crippen LogP contribution in [0, 0.1) is 22.7 Å². The molecule has 0 saturated heterocycles. The minimum atomic E-state index is 0.388. The summed E-state index contributed by atoms with van der Waals surface area (Å²) in [6.07, 6.45) is 14.1. The third-order valence-corrected chi connectivity index (χ3v) is 9.43. The fraction of sp³-hybridized carbons (Fsp3) is 0.692. The second-order valence-electron chi connectivity index (χ2n) is 11.1. The van der Waals surface area contributed by atoms with Gasteiger partial charge in [-0.1, -0.05) is 38.0 Å². The zero-order valence-corrected chi connectivity index (χ0v) is 20.8. The molecule has 4 rings (SSSR count). The summed E-state index contributed by atoms with van der Waals surface area (Å²) in [6, 6.07) is 0. The first-order valence-electron chi connectivity index (χ1n) is 12.3. The van der Waals surface area contributed by atoms with E-state index in [2.05, 4.69) is 67.1 Å². The zero-order valence-electron chi connectivity index (χ0n) is 20.8. The fourth-order valence-electron chi connectivity index (χ4n) is 6.88. The molecule has 0 amide bonds. The summed E-state index contributed by atoms with van der Waals surface area (Å²) in [6.45, 7) is 14.0. The molecule has 0 aromatic carbocycles. The molecule has 1 fully saturated rings. The van der Waals surface area contributed by atoms with Gasteiger partial charge in [-0.2, -0.15) is 0 Å². The first-order valence-corrected chi connectivity index (χ1v) is 12.3. The van der Waals surface area contributed by atoms with Crippen molar-refractivity contribution in [3.05, 3.63) is 29.6 Å². The largest absolute Gasteiger partial charge is 0.307 e. The lowest BCUT2D eigenvalue weighted by atomic mass is 9.47. The minimum absolute atomic E-state index is 0.388.